The average Bonchev–Trinajstić information content (AvgIpc) is 2.66. The minimum atomic E-state index is 0.0503. The fraction of sp³-hybridized carbons (Fsp3) is 0.211. The molecular weight excluding hydrogens is 324 g/mol. The van der Waals surface area contributed by atoms with Gasteiger partial charge < -0.3 is 24.1 Å². The van der Waals surface area contributed by atoms with Crippen LogP contribution in [0.3, 0.4) is 0 Å². The van der Waals surface area contributed by atoms with Crippen molar-refractivity contribution >= 4 is 11.0 Å². The third-order valence-electron chi connectivity index (χ3n) is 3.91. The lowest BCUT2D eigenvalue weighted by molar-refractivity contribution is 0.373. The summed E-state index contributed by atoms with van der Waals surface area (Å²) in [5, 5.41) is 10.6. The Labute approximate surface area is 145 Å². The second-order valence-corrected chi connectivity index (χ2v) is 5.27. The molecule has 6 nitrogen and oxygen atoms in total. The number of fused-ring (bicyclic) bond motifs is 1. The number of hydrogen-bond donors (Lipinski definition) is 1. The molecule has 0 fully saturated rings. The maximum atomic E-state index is 9.80. The molecule has 0 amide bonds. The normalized spacial score (nSPS) is 10.6. The molecule has 0 unspecified atom stereocenters. The fourth-order valence-electron chi connectivity index (χ4n) is 2.62. The average molecular weight is 343 g/mol. The van der Waals surface area contributed by atoms with E-state index in [1.807, 2.05) is 6.07 Å². The summed E-state index contributed by atoms with van der Waals surface area (Å²) in [7, 11) is 6.21. The van der Waals surface area contributed by atoms with Crippen LogP contribution in [0.5, 0.6) is 28.7 Å². The molecule has 0 spiro atoms. The third-order valence-corrected chi connectivity index (χ3v) is 3.91. The summed E-state index contributed by atoms with van der Waals surface area (Å²) in [6, 6.07) is 10.3. The van der Waals surface area contributed by atoms with Crippen molar-refractivity contribution < 1.29 is 28.5 Å². The van der Waals surface area contributed by atoms with Crippen LogP contribution in [-0.2, 0) is 0 Å². The van der Waals surface area contributed by atoms with Gasteiger partial charge in [-0.25, -0.2) is 4.42 Å². The van der Waals surface area contributed by atoms with Crippen LogP contribution in [0, 0.1) is 0 Å². The zero-order valence-corrected chi connectivity index (χ0v) is 14.5. The lowest BCUT2D eigenvalue weighted by atomic mass is 10.1. The van der Waals surface area contributed by atoms with Crippen molar-refractivity contribution in [2.45, 2.75) is 0 Å². The van der Waals surface area contributed by atoms with E-state index < -0.39 is 0 Å². The molecule has 0 saturated carbocycles. The van der Waals surface area contributed by atoms with E-state index in [2.05, 4.69) is 0 Å². The van der Waals surface area contributed by atoms with Crippen molar-refractivity contribution in [1.29, 1.82) is 0 Å². The molecule has 0 atom stereocenters. The molecule has 3 aromatic rings. The Kier molecular flexibility index (Phi) is 4.52. The highest BCUT2D eigenvalue weighted by atomic mass is 16.5. The van der Waals surface area contributed by atoms with Gasteiger partial charge in [-0.05, 0) is 12.1 Å². The van der Waals surface area contributed by atoms with E-state index in [4.69, 9.17) is 23.4 Å². The van der Waals surface area contributed by atoms with E-state index in [0.717, 1.165) is 5.39 Å². The maximum absolute atomic E-state index is 9.80. The number of aromatic hydroxyl groups is 1. The van der Waals surface area contributed by atoms with Gasteiger partial charge in [-0.3, -0.25) is 0 Å². The SMILES string of the molecule is COc1cc(OC)c2cc(OC)c(-c3ccc(O)c(OC)c3)[o+]c2c1. The second-order valence-electron chi connectivity index (χ2n) is 5.27. The van der Waals surface area contributed by atoms with E-state index in [1.165, 1.54) is 7.11 Å². The summed E-state index contributed by atoms with van der Waals surface area (Å²) >= 11 is 0. The van der Waals surface area contributed by atoms with E-state index in [0.29, 0.717) is 39.9 Å². The second kappa shape index (κ2) is 6.76. The number of benzene rings is 2. The lowest BCUT2D eigenvalue weighted by Gasteiger charge is -2.07. The molecule has 1 N–H and O–H groups in total. The summed E-state index contributed by atoms with van der Waals surface area (Å²) in [6.07, 6.45) is 0. The van der Waals surface area contributed by atoms with E-state index in [-0.39, 0.29) is 5.75 Å². The van der Waals surface area contributed by atoms with Crippen molar-refractivity contribution in [2.24, 2.45) is 0 Å². The fourth-order valence-corrected chi connectivity index (χ4v) is 2.62. The van der Waals surface area contributed by atoms with E-state index >= 15 is 0 Å². The van der Waals surface area contributed by atoms with Crippen LogP contribution in [-0.4, -0.2) is 33.5 Å². The topological polar surface area (TPSA) is 68.5 Å². The molecule has 2 aromatic carbocycles. The van der Waals surface area contributed by atoms with Crippen LogP contribution in [0.4, 0.5) is 0 Å². The van der Waals surface area contributed by atoms with Gasteiger partial charge in [-0.1, -0.05) is 0 Å². The summed E-state index contributed by atoms with van der Waals surface area (Å²) in [5.41, 5.74) is 1.29. The number of ether oxygens (including phenoxy) is 4. The predicted octanol–water partition coefficient (Wildman–Crippen LogP) is 4.12. The molecule has 0 bridgehead atoms. The standard InChI is InChI=1S/C19H18O6/c1-21-12-8-15(22-2)13-10-18(24-4)19(25-16(13)9-12)11-5-6-14(20)17(7-11)23-3/h5-10H,1-4H3/p+1. The first-order chi connectivity index (χ1) is 12.1. The Morgan fingerprint density at radius 1 is 0.760 bits per heavy atom. The Balaban J connectivity index is 2.27. The highest BCUT2D eigenvalue weighted by Crippen LogP contribution is 2.41. The first-order valence-corrected chi connectivity index (χ1v) is 7.55. The van der Waals surface area contributed by atoms with Crippen LogP contribution in [0.1, 0.15) is 0 Å². The number of hydrogen-bond acceptors (Lipinski definition) is 5. The van der Waals surface area contributed by atoms with Crippen molar-refractivity contribution in [1.82, 2.24) is 0 Å². The quantitative estimate of drug-likeness (QED) is 0.703. The van der Waals surface area contributed by atoms with Gasteiger partial charge in [0.05, 0.1) is 40.1 Å². The van der Waals surface area contributed by atoms with E-state index in [9.17, 15) is 5.11 Å². The molecular formula is C19H19O6+. The first kappa shape index (κ1) is 16.7. The van der Waals surface area contributed by atoms with Crippen molar-refractivity contribution in [3.63, 3.8) is 0 Å². The van der Waals surface area contributed by atoms with Gasteiger partial charge in [-0.15, -0.1) is 0 Å². The molecule has 1 heterocycles. The Bertz CT molecular complexity index is 919. The van der Waals surface area contributed by atoms with Crippen LogP contribution in [0.2, 0.25) is 0 Å². The maximum Gasteiger partial charge on any atom is 0.402 e. The minimum Gasteiger partial charge on any atom is -0.504 e. The molecule has 130 valence electrons. The molecule has 1 aromatic heterocycles. The summed E-state index contributed by atoms with van der Waals surface area (Å²) in [4.78, 5) is 0. The van der Waals surface area contributed by atoms with Gasteiger partial charge in [0.15, 0.2) is 11.5 Å². The highest BCUT2D eigenvalue weighted by molar-refractivity contribution is 5.89. The van der Waals surface area contributed by atoms with Crippen LogP contribution < -0.4 is 18.9 Å². The Hall–Kier alpha value is -3.15. The zero-order valence-electron chi connectivity index (χ0n) is 14.5. The van der Waals surface area contributed by atoms with Gasteiger partial charge in [0.25, 0.3) is 0 Å². The smallest absolute Gasteiger partial charge is 0.402 e. The molecule has 0 aliphatic carbocycles. The Morgan fingerprint density at radius 3 is 2.12 bits per heavy atom. The molecule has 0 aliphatic rings. The largest absolute Gasteiger partial charge is 0.504 e. The van der Waals surface area contributed by atoms with Gasteiger partial charge >= 0.3 is 11.3 Å². The monoisotopic (exact) mass is 343 g/mol. The van der Waals surface area contributed by atoms with Crippen LogP contribution in [0.25, 0.3) is 22.3 Å². The molecule has 3 rings (SSSR count). The van der Waals surface area contributed by atoms with E-state index in [1.54, 1.807) is 51.7 Å². The van der Waals surface area contributed by atoms with Crippen LogP contribution >= 0.6 is 0 Å². The number of phenolic OH excluding ortho intramolecular Hbond substituents is 1. The number of rotatable bonds is 5. The number of phenols is 1. The highest BCUT2D eigenvalue weighted by Gasteiger charge is 2.26. The molecule has 0 aliphatic heterocycles. The van der Waals surface area contributed by atoms with Gasteiger partial charge in [0.1, 0.15) is 16.9 Å². The summed E-state index contributed by atoms with van der Waals surface area (Å²) in [6.45, 7) is 0. The van der Waals surface area contributed by atoms with Crippen molar-refractivity contribution in [3.8, 4) is 40.1 Å². The first-order valence-electron chi connectivity index (χ1n) is 7.55. The minimum absolute atomic E-state index is 0.0503. The zero-order chi connectivity index (χ0) is 18.0. The van der Waals surface area contributed by atoms with Crippen LogP contribution in [0.15, 0.2) is 40.8 Å². The van der Waals surface area contributed by atoms with Crippen molar-refractivity contribution in [2.75, 3.05) is 28.4 Å². The molecule has 6 heteroatoms. The van der Waals surface area contributed by atoms with Gasteiger partial charge in [-0.2, -0.15) is 0 Å². The lowest BCUT2D eigenvalue weighted by Crippen LogP contribution is -1.93. The molecule has 0 saturated heterocycles. The summed E-state index contributed by atoms with van der Waals surface area (Å²) in [5.74, 6) is 2.67. The summed E-state index contributed by atoms with van der Waals surface area (Å²) < 4.78 is 27.4. The van der Waals surface area contributed by atoms with Crippen molar-refractivity contribution in [3.05, 3.63) is 36.4 Å². The number of methoxy groups -OCH3 is 4. The third kappa shape index (κ3) is 2.98. The predicted molar refractivity (Wildman–Crippen MR) is 93.9 cm³/mol. The Morgan fingerprint density at radius 2 is 1.48 bits per heavy atom. The van der Waals surface area contributed by atoms with Gasteiger partial charge in [0, 0.05) is 18.2 Å². The molecule has 0 radical (unpaired) electrons. The van der Waals surface area contributed by atoms with Gasteiger partial charge in [0.2, 0.25) is 5.75 Å². The molecule has 25 heavy (non-hydrogen) atoms.